The van der Waals surface area contributed by atoms with Crippen molar-refractivity contribution in [1.29, 1.82) is 0 Å². The molecule has 0 radical (unpaired) electrons. The topological polar surface area (TPSA) is 76.1 Å². The van der Waals surface area contributed by atoms with E-state index in [0.29, 0.717) is 12.3 Å². The predicted octanol–water partition coefficient (Wildman–Crippen LogP) is 3.00. The molecule has 2 aromatic carbocycles. The number of amides is 1. The second-order valence-corrected chi connectivity index (χ2v) is 5.35. The average Bonchev–Trinajstić information content (AvgIpc) is 2.62. The standard InChI is InChI=1S/C19H21NO5/c1-4-20(14-8-6-5-7-9-14)18(22)13(2)25-19(23)16-11-10-15(24-3)12-17(16)21/h5-13,21H,4H2,1-3H3/t13-/m1/s1. The fourth-order valence-corrected chi connectivity index (χ4v) is 2.38. The number of benzene rings is 2. The van der Waals surface area contributed by atoms with Crippen LogP contribution in [0, 0.1) is 0 Å². The molecule has 0 aliphatic carbocycles. The third-order valence-corrected chi connectivity index (χ3v) is 3.71. The number of esters is 1. The Morgan fingerprint density at radius 2 is 1.84 bits per heavy atom. The van der Waals surface area contributed by atoms with Gasteiger partial charge in [-0.25, -0.2) is 4.79 Å². The first-order valence-electron chi connectivity index (χ1n) is 7.92. The van der Waals surface area contributed by atoms with Crippen LogP contribution in [0.4, 0.5) is 5.69 Å². The van der Waals surface area contributed by atoms with Gasteiger partial charge in [-0.1, -0.05) is 18.2 Å². The van der Waals surface area contributed by atoms with E-state index in [2.05, 4.69) is 0 Å². The minimum absolute atomic E-state index is 0.0248. The fourth-order valence-electron chi connectivity index (χ4n) is 2.38. The van der Waals surface area contributed by atoms with Crippen LogP contribution >= 0.6 is 0 Å². The van der Waals surface area contributed by atoms with E-state index in [1.54, 1.807) is 0 Å². The van der Waals surface area contributed by atoms with Crippen LogP contribution in [0.25, 0.3) is 0 Å². The van der Waals surface area contributed by atoms with E-state index in [0.717, 1.165) is 5.69 Å². The maximum absolute atomic E-state index is 12.6. The van der Waals surface area contributed by atoms with Crippen molar-refractivity contribution in [1.82, 2.24) is 0 Å². The number of ether oxygens (including phenoxy) is 2. The number of phenolic OH excluding ortho intramolecular Hbond substituents is 1. The van der Waals surface area contributed by atoms with E-state index < -0.39 is 12.1 Å². The van der Waals surface area contributed by atoms with Gasteiger partial charge in [0.25, 0.3) is 5.91 Å². The number of methoxy groups -OCH3 is 1. The van der Waals surface area contributed by atoms with Crippen molar-refractivity contribution in [2.45, 2.75) is 20.0 Å². The first kappa shape index (κ1) is 18.3. The highest BCUT2D eigenvalue weighted by molar-refractivity contribution is 5.99. The minimum Gasteiger partial charge on any atom is -0.507 e. The quantitative estimate of drug-likeness (QED) is 0.816. The summed E-state index contributed by atoms with van der Waals surface area (Å²) in [6.07, 6.45) is -0.992. The molecular weight excluding hydrogens is 322 g/mol. The smallest absolute Gasteiger partial charge is 0.342 e. The van der Waals surface area contributed by atoms with Crippen LogP contribution < -0.4 is 9.64 Å². The number of likely N-dealkylation sites (N-methyl/N-ethyl adjacent to an activating group) is 1. The Kier molecular flexibility index (Phi) is 6.00. The number of carbonyl (C=O) groups excluding carboxylic acids is 2. The second-order valence-electron chi connectivity index (χ2n) is 5.35. The Morgan fingerprint density at radius 1 is 1.16 bits per heavy atom. The summed E-state index contributed by atoms with van der Waals surface area (Å²) in [6, 6.07) is 13.4. The highest BCUT2D eigenvalue weighted by Gasteiger charge is 2.25. The average molecular weight is 343 g/mol. The van der Waals surface area contributed by atoms with Gasteiger partial charge in [-0.15, -0.1) is 0 Å². The Bertz CT molecular complexity index is 745. The van der Waals surface area contributed by atoms with Gasteiger partial charge in [0.2, 0.25) is 0 Å². The molecule has 0 unspecified atom stereocenters. The summed E-state index contributed by atoms with van der Waals surface area (Å²) in [6.45, 7) is 3.79. The van der Waals surface area contributed by atoms with Gasteiger partial charge >= 0.3 is 5.97 Å². The summed E-state index contributed by atoms with van der Waals surface area (Å²) >= 11 is 0. The van der Waals surface area contributed by atoms with Gasteiger partial charge in [0, 0.05) is 18.3 Å². The first-order chi connectivity index (χ1) is 12.0. The van der Waals surface area contributed by atoms with Crippen molar-refractivity contribution in [3.05, 3.63) is 54.1 Å². The second kappa shape index (κ2) is 8.19. The van der Waals surface area contributed by atoms with Crippen LogP contribution in [0.3, 0.4) is 0 Å². The van der Waals surface area contributed by atoms with Crippen molar-refractivity contribution in [3.8, 4) is 11.5 Å². The zero-order valence-corrected chi connectivity index (χ0v) is 14.4. The lowest BCUT2D eigenvalue weighted by atomic mass is 10.2. The Morgan fingerprint density at radius 3 is 2.40 bits per heavy atom. The molecule has 0 saturated carbocycles. The molecule has 0 bridgehead atoms. The summed E-state index contributed by atoms with van der Waals surface area (Å²) in [4.78, 5) is 26.4. The molecule has 25 heavy (non-hydrogen) atoms. The van der Waals surface area contributed by atoms with Crippen molar-refractivity contribution in [3.63, 3.8) is 0 Å². The number of carbonyl (C=O) groups is 2. The normalized spacial score (nSPS) is 11.5. The molecule has 1 N–H and O–H groups in total. The van der Waals surface area contributed by atoms with E-state index in [1.165, 1.54) is 37.1 Å². The number of para-hydroxylation sites is 1. The van der Waals surface area contributed by atoms with Gasteiger partial charge in [0.1, 0.15) is 17.1 Å². The third kappa shape index (κ3) is 4.29. The van der Waals surface area contributed by atoms with Gasteiger partial charge in [-0.05, 0) is 38.1 Å². The fraction of sp³-hybridized carbons (Fsp3) is 0.263. The molecule has 0 fully saturated rings. The molecule has 0 aliphatic heterocycles. The van der Waals surface area contributed by atoms with E-state index in [4.69, 9.17) is 9.47 Å². The maximum Gasteiger partial charge on any atom is 0.342 e. The highest BCUT2D eigenvalue weighted by atomic mass is 16.5. The van der Waals surface area contributed by atoms with Gasteiger partial charge in [-0.3, -0.25) is 4.79 Å². The summed E-state index contributed by atoms with van der Waals surface area (Å²) in [5.74, 6) is -0.959. The summed E-state index contributed by atoms with van der Waals surface area (Å²) in [7, 11) is 1.45. The molecule has 1 amide bonds. The van der Waals surface area contributed by atoms with Gasteiger partial charge in [0.15, 0.2) is 6.10 Å². The molecule has 0 aliphatic rings. The van der Waals surface area contributed by atoms with Crippen LogP contribution in [0.2, 0.25) is 0 Å². The van der Waals surface area contributed by atoms with Crippen molar-refractivity contribution >= 4 is 17.6 Å². The van der Waals surface area contributed by atoms with Gasteiger partial charge < -0.3 is 19.5 Å². The molecule has 132 valence electrons. The van der Waals surface area contributed by atoms with Crippen LogP contribution in [-0.4, -0.2) is 36.7 Å². The first-order valence-corrected chi connectivity index (χ1v) is 7.92. The molecule has 2 aromatic rings. The number of nitrogens with zero attached hydrogens (tertiary/aromatic N) is 1. The predicted molar refractivity (Wildman–Crippen MR) is 94.0 cm³/mol. The summed E-state index contributed by atoms with van der Waals surface area (Å²) < 4.78 is 10.2. The molecule has 0 aromatic heterocycles. The van der Waals surface area contributed by atoms with E-state index in [1.807, 2.05) is 37.3 Å². The molecular formula is C19H21NO5. The largest absolute Gasteiger partial charge is 0.507 e. The lowest BCUT2D eigenvalue weighted by Gasteiger charge is -2.24. The Hall–Kier alpha value is -3.02. The van der Waals surface area contributed by atoms with Gasteiger partial charge in [0.05, 0.1) is 7.11 Å². The molecule has 6 heteroatoms. The van der Waals surface area contributed by atoms with Gasteiger partial charge in [-0.2, -0.15) is 0 Å². The number of anilines is 1. The zero-order chi connectivity index (χ0) is 18.4. The van der Waals surface area contributed by atoms with Crippen LogP contribution in [0.1, 0.15) is 24.2 Å². The molecule has 1 atom stereocenters. The summed E-state index contributed by atoms with van der Waals surface area (Å²) in [5.41, 5.74) is 0.702. The highest BCUT2D eigenvalue weighted by Crippen LogP contribution is 2.24. The van der Waals surface area contributed by atoms with E-state index in [-0.39, 0.29) is 17.2 Å². The zero-order valence-electron chi connectivity index (χ0n) is 14.4. The van der Waals surface area contributed by atoms with Crippen molar-refractivity contribution in [2.75, 3.05) is 18.6 Å². The Balaban J connectivity index is 2.11. The molecule has 0 saturated heterocycles. The number of aromatic hydroxyl groups is 1. The minimum atomic E-state index is -0.992. The van der Waals surface area contributed by atoms with Crippen LogP contribution in [0.15, 0.2) is 48.5 Å². The lowest BCUT2D eigenvalue weighted by Crippen LogP contribution is -2.40. The maximum atomic E-state index is 12.6. The number of hydrogen-bond acceptors (Lipinski definition) is 5. The molecule has 2 rings (SSSR count). The monoisotopic (exact) mass is 343 g/mol. The number of hydrogen-bond donors (Lipinski definition) is 1. The van der Waals surface area contributed by atoms with Crippen molar-refractivity contribution < 1.29 is 24.2 Å². The Labute approximate surface area is 146 Å². The molecule has 0 spiro atoms. The van der Waals surface area contributed by atoms with Crippen molar-refractivity contribution in [2.24, 2.45) is 0 Å². The van der Waals surface area contributed by atoms with E-state index >= 15 is 0 Å². The number of phenols is 1. The van der Waals surface area contributed by atoms with Crippen LogP contribution in [-0.2, 0) is 9.53 Å². The molecule has 6 nitrogen and oxygen atoms in total. The summed E-state index contributed by atoms with van der Waals surface area (Å²) in [5, 5.41) is 9.90. The lowest BCUT2D eigenvalue weighted by molar-refractivity contribution is -0.126. The number of rotatable bonds is 6. The molecule has 0 heterocycles. The van der Waals surface area contributed by atoms with E-state index in [9.17, 15) is 14.7 Å². The SMILES string of the molecule is CCN(C(=O)[C@@H](C)OC(=O)c1ccc(OC)cc1O)c1ccccc1. The van der Waals surface area contributed by atoms with Crippen LogP contribution in [0.5, 0.6) is 11.5 Å². The third-order valence-electron chi connectivity index (χ3n) is 3.71.